The van der Waals surface area contributed by atoms with Gasteiger partial charge < -0.3 is 0 Å². The molecule has 0 saturated heterocycles. The molecule has 3 heteroatoms. The largest absolute Gasteiger partial charge is 0.285 e. The highest BCUT2D eigenvalue weighted by atomic mass is 35.5. The minimum Gasteiger partial charge on any atom is -0.285 e. The van der Waals surface area contributed by atoms with Gasteiger partial charge in [0.15, 0.2) is 0 Å². The zero-order chi connectivity index (χ0) is 13.1. The first-order valence-electron chi connectivity index (χ1n) is 5.49. The molecule has 0 aromatic heterocycles. The van der Waals surface area contributed by atoms with Gasteiger partial charge in [0.2, 0.25) is 11.6 Å². The van der Waals surface area contributed by atoms with Crippen LogP contribution in [-0.4, -0.2) is 11.6 Å². The zero-order valence-corrected chi connectivity index (χ0v) is 10.6. The Morgan fingerprint density at radius 1 is 0.889 bits per heavy atom. The van der Waals surface area contributed by atoms with E-state index in [2.05, 4.69) is 0 Å². The number of aryl methyl sites for hydroxylation is 1. The lowest BCUT2D eigenvalue weighted by Crippen LogP contribution is -2.14. The molecule has 0 radical (unpaired) electrons. The highest BCUT2D eigenvalue weighted by Crippen LogP contribution is 2.14. The van der Waals surface area contributed by atoms with Gasteiger partial charge in [0.1, 0.15) is 0 Å². The Kier molecular flexibility index (Phi) is 3.58. The lowest BCUT2D eigenvalue weighted by atomic mass is 10.0. The van der Waals surface area contributed by atoms with E-state index in [1.54, 1.807) is 42.5 Å². The topological polar surface area (TPSA) is 34.1 Å². The van der Waals surface area contributed by atoms with Crippen molar-refractivity contribution in [1.82, 2.24) is 0 Å². The predicted octanol–water partition coefficient (Wildman–Crippen LogP) is 3.71. The van der Waals surface area contributed by atoms with E-state index in [-0.39, 0.29) is 0 Å². The van der Waals surface area contributed by atoms with E-state index in [0.717, 1.165) is 5.56 Å². The molecule has 90 valence electrons. The average molecular weight is 259 g/mol. The molecular formula is C15H11ClO2. The average Bonchev–Trinajstić information content (AvgIpc) is 2.38. The van der Waals surface area contributed by atoms with Crippen LogP contribution in [0, 0.1) is 6.92 Å². The first-order chi connectivity index (χ1) is 8.58. The van der Waals surface area contributed by atoms with Gasteiger partial charge in [-0.1, -0.05) is 53.6 Å². The van der Waals surface area contributed by atoms with E-state index in [9.17, 15) is 9.59 Å². The fourth-order valence-corrected chi connectivity index (χ4v) is 1.79. The summed E-state index contributed by atoms with van der Waals surface area (Å²) in [4.78, 5) is 23.9. The number of hydrogen-bond donors (Lipinski definition) is 0. The molecule has 2 rings (SSSR count). The number of hydrogen-bond acceptors (Lipinski definition) is 2. The molecule has 0 aliphatic rings. The molecule has 0 N–H and O–H groups in total. The normalized spacial score (nSPS) is 10.1. The van der Waals surface area contributed by atoms with Crippen molar-refractivity contribution in [2.24, 2.45) is 0 Å². The van der Waals surface area contributed by atoms with Crippen molar-refractivity contribution in [2.75, 3.05) is 0 Å². The maximum Gasteiger partial charge on any atom is 0.233 e. The highest BCUT2D eigenvalue weighted by Gasteiger charge is 2.18. The van der Waals surface area contributed by atoms with E-state index in [1.807, 2.05) is 6.92 Å². The molecule has 0 amide bonds. The van der Waals surface area contributed by atoms with Crippen molar-refractivity contribution in [3.05, 3.63) is 70.2 Å². The van der Waals surface area contributed by atoms with Crippen LogP contribution in [0.5, 0.6) is 0 Å². The van der Waals surface area contributed by atoms with Gasteiger partial charge in [-0.2, -0.15) is 0 Å². The molecule has 0 unspecified atom stereocenters. The van der Waals surface area contributed by atoms with Gasteiger partial charge in [0, 0.05) is 16.1 Å². The second-order valence-electron chi connectivity index (χ2n) is 4.03. The number of Topliss-reactive ketones (excluding diaryl/α,β-unsaturated/α-hetero) is 2. The fraction of sp³-hybridized carbons (Fsp3) is 0.0667. The number of ketones is 2. The fourth-order valence-electron chi connectivity index (χ4n) is 1.60. The molecule has 0 atom stereocenters. The number of halogens is 1. The monoisotopic (exact) mass is 258 g/mol. The van der Waals surface area contributed by atoms with Crippen LogP contribution in [0.1, 0.15) is 26.3 Å². The van der Waals surface area contributed by atoms with Crippen molar-refractivity contribution in [3.8, 4) is 0 Å². The lowest BCUT2D eigenvalue weighted by molar-refractivity contribution is 0.0817. The molecule has 0 aliphatic heterocycles. The number of rotatable bonds is 3. The Morgan fingerprint density at radius 3 is 2.11 bits per heavy atom. The van der Waals surface area contributed by atoms with Crippen LogP contribution in [0.2, 0.25) is 5.02 Å². The Hall–Kier alpha value is -1.93. The number of carbonyl (C=O) groups excluding carboxylic acids is 2. The minimum absolute atomic E-state index is 0.313. The Bertz CT molecular complexity index is 600. The number of carbonyl (C=O) groups is 2. The SMILES string of the molecule is Cc1ccc(C(=O)C(=O)c2cccc(Cl)c2)cc1. The van der Waals surface area contributed by atoms with Crippen molar-refractivity contribution in [2.45, 2.75) is 6.92 Å². The summed E-state index contributed by atoms with van der Waals surface area (Å²) in [6, 6.07) is 13.3. The maximum absolute atomic E-state index is 12.0. The summed E-state index contributed by atoms with van der Waals surface area (Å²) in [5.74, 6) is -1.06. The first kappa shape index (κ1) is 12.5. The summed E-state index contributed by atoms with van der Waals surface area (Å²) in [6.07, 6.45) is 0. The summed E-state index contributed by atoms with van der Waals surface area (Å²) < 4.78 is 0. The molecule has 2 aromatic carbocycles. The Balaban J connectivity index is 2.29. The van der Waals surface area contributed by atoms with Gasteiger partial charge in [0.05, 0.1) is 0 Å². The summed E-state index contributed by atoms with van der Waals surface area (Å²) in [5, 5.41) is 0.442. The van der Waals surface area contributed by atoms with E-state index in [4.69, 9.17) is 11.6 Å². The van der Waals surface area contributed by atoms with E-state index in [0.29, 0.717) is 16.1 Å². The van der Waals surface area contributed by atoms with Crippen LogP contribution in [0.4, 0.5) is 0 Å². The zero-order valence-electron chi connectivity index (χ0n) is 9.81. The van der Waals surface area contributed by atoms with Gasteiger partial charge in [-0.15, -0.1) is 0 Å². The minimum atomic E-state index is -0.540. The Labute approximate surface area is 110 Å². The van der Waals surface area contributed by atoms with Crippen LogP contribution in [0.25, 0.3) is 0 Å². The van der Waals surface area contributed by atoms with Crippen LogP contribution in [0.15, 0.2) is 48.5 Å². The van der Waals surface area contributed by atoms with Gasteiger partial charge in [-0.05, 0) is 19.1 Å². The van der Waals surface area contributed by atoms with Crippen molar-refractivity contribution in [1.29, 1.82) is 0 Å². The van der Waals surface area contributed by atoms with Gasteiger partial charge in [-0.25, -0.2) is 0 Å². The molecular weight excluding hydrogens is 248 g/mol. The third-order valence-corrected chi connectivity index (χ3v) is 2.84. The number of benzene rings is 2. The molecule has 0 aliphatic carbocycles. The maximum atomic E-state index is 12.0. The summed E-state index contributed by atoms with van der Waals surface area (Å²) in [7, 11) is 0. The van der Waals surface area contributed by atoms with Crippen molar-refractivity contribution >= 4 is 23.2 Å². The molecule has 18 heavy (non-hydrogen) atoms. The third-order valence-electron chi connectivity index (χ3n) is 2.61. The second kappa shape index (κ2) is 5.15. The van der Waals surface area contributed by atoms with E-state index in [1.165, 1.54) is 6.07 Å². The van der Waals surface area contributed by atoms with E-state index < -0.39 is 11.6 Å². The predicted molar refractivity (Wildman–Crippen MR) is 71.3 cm³/mol. The summed E-state index contributed by atoms with van der Waals surface area (Å²) >= 11 is 5.80. The van der Waals surface area contributed by atoms with Gasteiger partial charge >= 0.3 is 0 Å². The van der Waals surface area contributed by atoms with E-state index >= 15 is 0 Å². The smallest absolute Gasteiger partial charge is 0.233 e. The second-order valence-corrected chi connectivity index (χ2v) is 4.47. The summed E-state index contributed by atoms with van der Waals surface area (Å²) in [6.45, 7) is 1.92. The molecule has 0 bridgehead atoms. The first-order valence-corrected chi connectivity index (χ1v) is 5.87. The highest BCUT2D eigenvalue weighted by molar-refractivity contribution is 6.49. The molecule has 0 spiro atoms. The quantitative estimate of drug-likeness (QED) is 0.621. The standard InChI is InChI=1S/C15H11ClO2/c1-10-5-7-11(8-6-10)14(17)15(18)12-3-2-4-13(16)9-12/h2-9H,1H3. The van der Waals surface area contributed by atoms with Crippen LogP contribution in [-0.2, 0) is 0 Å². The molecule has 0 saturated carbocycles. The van der Waals surface area contributed by atoms with Crippen LogP contribution in [0.3, 0.4) is 0 Å². The van der Waals surface area contributed by atoms with Gasteiger partial charge in [0.25, 0.3) is 0 Å². The lowest BCUT2D eigenvalue weighted by Gasteiger charge is -2.01. The molecule has 2 nitrogen and oxygen atoms in total. The van der Waals surface area contributed by atoms with Gasteiger partial charge in [-0.3, -0.25) is 9.59 Å². The molecule has 0 fully saturated rings. The third kappa shape index (κ3) is 2.66. The van der Waals surface area contributed by atoms with Crippen LogP contribution < -0.4 is 0 Å². The van der Waals surface area contributed by atoms with Crippen molar-refractivity contribution < 1.29 is 9.59 Å². The van der Waals surface area contributed by atoms with Crippen LogP contribution >= 0.6 is 11.6 Å². The molecule has 2 aromatic rings. The summed E-state index contributed by atoms with van der Waals surface area (Å²) in [5.41, 5.74) is 1.75. The van der Waals surface area contributed by atoms with Crippen molar-refractivity contribution in [3.63, 3.8) is 0 Å². The molecule has 0 heterocycles. The Morgan fingerprint density at radius 2 is 1.50 bits per heavy atom.